The van der Waals surface area contributed by atoms with Gasteiger partial charge in [-0.3, -0.25) is 4.79 Å². The fourth-order valence-electron chi connectivity index (χ4n) is 8.46. The lowest BCUT2D eigenvalue weighted by Crippen LogP contribution is -2.51. The molecule has 3 fully saturated rings. The minimum Gasteiger partial charge on any atom is -0.393 e. The molecule has 0 aromatic carbocycles. The molecule has 0 spiro atoms. The van der Waals surface area contributed by atoms with Gasteiger partial charge in [0.25, 0.3) is 0 Å². The lowest BCUT2D eigenvalue weighted by molar-refractivity contribution is -0.166. The van der Waals surface area contributed by atoms with Crippen LogP contribution in [0, 0.1) is 34.0 Å². The Bertz CT molecular complexity index is 849. The van der Waals surface area contributed by atoms with Crippen molar-refractivity contribution >= 4 is 5.78 Å². The third-order valence-corrected chi connectivity index (χ3v) is 10.8. The molecule has 0 aromatic heterocycles. The van der Waals surface area contributed by atoms with Crippen LogP contribution in [0.15, 0.2) is 23.3 Å². The maximum absolute atomic E-state index is 12.8. The molecule has 0 aromatic rings. The highest BCUT2D eigenvalue weighted by molar-refractivity contribution is 5.86. The SMILES string of the molecule is CC1=C(CCC2C(C)CCC3OC(C)(C)C(=O)CCC32C)C2(C)CCC(O)C(C)(C)C2C=C1. The van der Waals surface area contributed by atoms with Crippen molar-refractivity contribution in [1.29, 1.82) is 0 Å². The number of carbonyl (C=O) groups excluding carboxylic acids is 1. The largest absolute Gasteiger partial charge is 0.393 e. The summed E-state index contributed by atoms with van der Waals surface area (Å²) in [4.78, 5) is 12.8. The molecular formula is C30H48O3. The molecule has 7 atom stereocenters. The predicted octanol–water partition coefficient (Wildman–Crippen LogP) is 7.04. The van der Waals surface area contributed by atoms with Gasteiger partial charge in [-0.2, -0.15) is 0 Å². The van der Waals surface area contributed by atoms with Gasteiger partial charge in [-0.15, -0.1) is 0 Å². The first-order valence-electron chi connectivity index (χ1n) is 13.5. The zero-order chi connectivity index (χ0) is 24.4. The summed E-state index contributed by atoms with van der Waals surface area (Å²) in [6.45, 7) is 18.0. The topological polar surface area (TPSA) is 46.5 Å². The highest BCUT2D eigenvalue weighted by atomic mass is 16.5. The predicted molar refractivity (Wildman–Crippen MR) is 135 cm³/mol. The van der Waals surface area contributed by atoms with Gasteiger partial charge in [0.15, 0.2) is 5.78 Å². The van der Waals surface area contributed by atoms with Crippen LogP contribution < -0.4 is 0 Å². The standard InChI is InChI=1S/C30H48O3/c1-19-9-13-23-27(3,4)24(31)15-17-29(23,7)21(19)11-12-22-20(2)10-14-26-30(22,8)18-16-25(32)28(5,6)33-26/h9,13,20,22-24,26,31H,10-12,14-18H2,1-8H3. The molecule has 7 unspecified atom stereocenters. The van der Waals surface area contributed by atoms with Gasteiger partial charge in [0.05, 0.1) is 12.2 Å². The van der Waals surface area contributed by atoms with Gasteiger partial charge in [0.2, 0.25) is 0 Å². The van der Waals surface area contributed by atoms with E-state index in [1.54, 1.807) is 5.57 Å². The van der Waals surface area contributed by atoms with E-state index in [1.165, 1.54) is 12.0 Å². The average Bonchev–Trinajstić information content (AvgIpc) is 2.81. The van der Waals surface area contributed by atoms with Crippen LogP contribution in [0.4, 0.5) is 0 Å². The highest BCUT2D eigenvalue weighted by Crippen LogP contribution is 2.60. The summed E-state index contributed by atoms with van der Waals surface area (Å²) in [5.74, 6) is 1.85. The second-order valence-electron chi connectivity index (χ2n) is 13.5. The normalized spacial score (nSPS) is 44.8. The van der Waals surface area contributed by atoms with Crippen LogP contribution in [0.25, 0.3) is 0 Å². The van der Waals surface area contributed by atoms with Crippen molar-refractivity contribution in [2.24, 2.45) is 34.0 Å². The first-order valence-corrected chi connectivity index (χ1v) is 13.5. The number of fused-ring (bicyclic) bond motifs is 2. The van der Waals surface area contributed by atoms with Gasteiger partial charge in [0.1, 0.15) is 5.60 Å². The fraction of sp³-hybridized carbons (Fsp3) is 0.833. The lowest BCUT2D eigenvalue weighted by atomic mass is 9.50. The number of carbonyl (C=O) groups is 1. The minimum atomic E-state index is -0.657. The molecule has 1 aliphatic heterocycles. The molecule has 0 bridgehead atoms. The summed E-state index contributed by atoms with van der Waals surface area (Å²) < 4.78 is 6.55. The van der Waals surface area contributed by atoms with E-state index in [2.05, 4.69) is 53.7 Å². The van der Waals surface area contributed by atoms with Crippen molar-refractivity contribution in [2.45, 2.75) is 125 Å². The number of ketones is 1. The molecule has 4 aliphatic rings. The monoisotopic (exact) mass is 456 g/mol. The average molecular weight is 457 g/mol. The lowest BCUT2D eigenvalue weighted by Gasteiger charge is -2.55. The van der Waals surface area contributed by atoms with E-state index in [1.807, 2.05) is 13.8 Å². The summed E-state index contributed by atoms with van der Waals surface area (Å²) in [5, 5.41) is 10.8. The van der Waals surface area contributed by atoms with Gasteiger partial charge >= 0.3 is 0 Å². The molecule has 33 heavy (non-hydrogen) atoms. The second kappa shape index (κ2) is 8.33. The summed E-state index contributed by atoms with van der Waals surface area (Å²) in [5.41, 5.74) is 2.46. The fourth-order valence-corrected chi connectivity index (χ4v) is 8.46. The molecule has 1 saturated heterocycles. The number of aliphatic hydroxyl groups excluding tert-OH is 1. The Morgan fingerprint density at radius 2 is 1.76 bits per heavy atom. The van der Waals surface area contributed by atoms with E-state index < -0.39 is 5.60 Å². The Labute approximate surface area is 202 Å². The van der Waals surface area contributed by atoms with Crippen LogP contribution in [0.3, 0.4) is 0 Å². The third-order valence-electron chi connectivity index (χ3n) is 10.8. The Balaban J connectivity index is 1.60. The number of Topliss-reactive ketones (excluding diaryl/α,β-unsaturated/α-hetero) is 1. The van der Waals surface area contributed by atoms with E-state index in [0.717, 1.165) is 38.5 Å². The first-order chi connectivity index (χ1) is 15.2. The molecule has 1 N–H and O–H groups in total. The molecule has 2 saturated carbocycles. The van der Waals surface area contributed by atoms with Gasteiger partial charge in [0, 0.05) is 6.42 Å². The van der Waals surface area contributed by atoms with Crippen LogP contribution in [-0.2, 0) is 9.53 Å². The van der Waals surface area contributed by atoms with E-state index in [4.69, 9.17) is 4.74 Å². The van der Waals surface area contributed by atoms with Crippen LogP contribution in [-0.4, -0.2) is 28.7 Å². The van der Waals surface area contributed by atoms with Crippen molar-refractivity contribution < 1.29 is 14.6 Å². The minimum absolute atomic E-state index is 0.0579. The van der Waals surface area contributed by atoms with E-state index in [9.17, 15) is 9.90 Å². The zero-order valence-electron chi connectivity index (χ0n) is 22.5. The summed E-state index contributed by atoms with van der Waals surface area (Å²) in [6.07, 6.45) is 12.7. The Morgan fingerprint density at radius 1 is 1.06 bits per heavy atom. The number of hydrogen-bond donors (Lipinski definition) is 1. The Morgan fingerprint density at radius 3 is 2.45 bits per heavy atom. The van der Waals surface area contributed by atoms with Crippen molar-refractivity contribution in [3.8, 4) is 0 Å². The smallest absolute Gasteiger partial charge is 0.164 e. The molecule has 3 heteroatoms. The van der Waals surface area contributed by atoms with Crippen molar-refractivity contribution in [1.82, 2.24) is 0 Å². The van der Waals surface area contributed by atoms with Gasteiger partial charge in [-0.1, -0.05) is 57.9 Å². The van der Waals surface area contributed by atoms with Crippen LogP contribution >= 0.6 is 0 Å². The second-order valence-corrected chi connectivity index (χ2v) is 13.5. The van der Waals surface area contributed by atoms with E-state index >= 15 is 0 Å². The molecule has 1 heterocycles. The number of hydrogen-bond acceptors (Lipinski definition) is 3. The Kier molecular flexibility index (Phi) is 6.35. The van der Waals surface area contributed by atoms with E-state index in [-0.39, 0.29) is 34.2 Å². The zero-order valence-corrected chi connectivity index (χ0v) is 22.5. The molecule has 0 radical (unpaired) electrons. The molecule has 3 aliphatic carbocycles. The van der Waals surface area contributed by atoms with Crippen LogP contribution in [0.1, 0.15) is 107 Å². The van der Waals surface area contributed by atoms with Crippen molar-refractivity contribution in [2.75, 3.05) is 0 Å². The number of allylic oxidation sites excluding steroid dienone is 4. The molecule has 4 rings (SSSR count). The van der Waals surface area contributed by atoms with Crippen molar-refractivity contribution in [3.63, 3.8) is 0 Å². The summed E-state index contributed by atoms with van der Waals surface area (Å²) >= 11 is 0. The first kappa shape index (κ1) is 25.2. The number of aliphatic hydroxyl groups is 1. The third kappa shape index (κ3) is 3.99. The molecule has 3 nitrogen and oxygen atoms in total. The molecular weight excluding hydrogens is 408 g/mol. The summed E-state index contributed by atoms with van der Waals surface area (Å²) in [6, 6.07) is 0. The quantitative estimate of drug-likeness (QED) is 0.495. The maximum atomic E-state index is 12.8. The van der Waals surface area contributed by atoms with Crippen LogP contribution in [0.5, 0.6) is 0 Å². The van der Waals surface area contributed by atoms with Crippen LogP contribution in [0.2, 0.25) is 0 Å². The number of rotatable bonds is 3. The van der Waals surface area contributed by atoms with Crippen molar-refractivity contribution in [3.05, 3.63) is 23.3 Å². The number of ether oxygens (including phenoxy) is 1. The van der Waals surface area contributed by atoms with E-state index in [0.29, 0.717) is 24.2 Å². The molecule has 0 amide bonds. The molecule has 186 valence electrons. The van der Waals surface area contributed by atoms with Gasteiger partial charge in [-0.25, -0.2) is 0 Å². The van der Waals surface area contributed by atoms with Gasteiger partial charge in [-0.05, 0) is 99.7 Å². The maximum Gasteiger partial charge on any atom is 0.164 e. The highest BCUT2D eigenvalue weighted by Gasteiger charge is 2.54. The Hall–Kier alpha value is -0.930. The summed E-state index contributed by atoms with van der Waals surface area (Å²) in [7, 11) is 0. The van der Waals surface area contributed by atoms with Gasteiger partial charge < -0.3 is 9.84 Å².